The first-order chi connectivity index (χ1) is 8.79. The second-order valence-electron chi connectivity index (χ2n) is 4.23. The summed E-state index contributed by atoms with van der Waals surface area (Å²) in [4.78, 5) is 0. The van der Waals surface area contributed by atoms with Gasteiger partial charge in [0.2, 0.25) is 0 Å². The maximum atomic E-state index is 6.36. The molecule has 1 aromatic heterocycles. The third kappa shape index (κ3) is 3.54. The molecule has 0 saturated heterocycles. The molecule has 1 heterocycles. The number of alkyl halides is 1. The molecule has 1 atom stereocenters. The summed E-state index contributed by atoms with van der Waals surface area (Å²) in [7, 11) is 1.69. The van der Waals surface area contributed by atoms with Crippen LogP contribution in [0.25, 0.3) is 0 Å². The molecule has 0 spiro atoms. The van der Waals surface area contributed by atoms with Crippen LogP contribution < -0.4 is 4.74 Å². The summed E-state index contributed by atoms with van der Waals surface area (Å²) in [5, 5.41) is 0.0893. The van der Waals surface area contributed by atoms with Crippen molar-refractivity contribution in [2.75, 3.05) is 7.11 Å². The molecule has 2 rings (SSSR count). The molecule has 3 heteroatoms. The van der Waals surface area contributed by atoms with Gasteiger partial charge in [0.1, 0.15) is 11.5 Å². The van der Waals surface area contributed by atoms with Gasteiger partial charge >= 0.3 is 0 Å². The van der Waals surface area contributed by atoms with E-state index >= 15 is 0 Å². The highest BCUT2D eigenvalue weighted by molar-refractivity contribution is 6.20. The average Bonchev–Trinajstić information content (AvgIpc) is 2.90. The Balaban J connectivity index is 1.88. The summed E-state index contributed by atoms with van der Waals surface area (Å²) in [5.74, 6) is 1.89. The highest BCUT2D eigenvalue weighted by Gasteiger charge is 2.10. The van der Waals surface area contributed by atoms with Crippen molar-refractivity contribution >= 4 is 11.6 Å². The predicted molar refractivity (Wildman–Crippen MR) is 73.4 cm³/mol. The van der Waals surface area contributed by atoms with Gasteiger partial charge in [0.15, 0.2) is 0 Å². The van der Waals surface area contributed by atoms with E-state index in [1.54, 1.807) is 13.4 Å². The van der Waals surface area contributed by atoms with Crippen molar-refractivity contribution in [3.05, 3.63) is 54.0 Å². The second-order valence-corrected chi connectivity index (χ2v) is 4.85. The van der Waals surface area contributed by atoms with E-state index in [0.717, 1.165) is 36.3 Å². The summed E-state index contributed by atoms with van der Waals surface area (Å²) >= 11 is 6.36. The fourth-order valence-electron chi connectivity index (χ4n) is 1.97. The second kappa shape index (κ2) is 6.50. The Bertz CT molecular complexity index is 465. The van der Waals surface area contributed by atoms with E-state index in [1.165, 1.54) is 0 Å². The summed E-state index contributed by atoms with van der Waals surface area (Å²) in [6, 6.07) is 11.9. The van der Waals surface area contributed by atoms with Crippen molar-refractivity contribution in [2.45, 2.75) is 24.6 Å². The minimum absolute atomic E-state index is 0.0893. The van der Waals surface area contributed by atoms with Gasteiger partial charge in [-0.3, -0.25) is 0 Å². The highest BCUT2D eigenvalue weighted by Crippen LogP contribution is 2.22. The zero-order valence-electron chi connectivity index (χ0n) is 10.4. The minimum Gasteiger partial charge on any atom is -0.496 e. The van der Waals surface area contributed by atoms with Gasteiger partial charge in [-0.05, 0) is 36.6 Å². The number of furan rings is 1. The van der Waals surface area contributed by atoms with E-state index in [9.17, 15) is 0 Å². The number of hydrogen-bond acceptors (Lipinski definition) is 2. The molecule has 0 fully saturated rings. The van der Waals surface area contributed by atoms with Crippen LogP contribution in [-0.2, 0) is 12.8 Å². The molecule has 18 heavy (non-hydrogen) atoms. The fourth-order valence-corrected chi connectivity index (χ4v) is 2.24. The largest absolute Gasteiger partial charge is 0.496 e. The summed E-state index contributed by atoms with van der Waals surface area (Å²) in [6.07, 6.45) is 4.27. The number of ether oxygens (including phenoxy) is 1. The summed E-state index contributed by atoms with van der Waals surface area (Å²) in [6.45, 7) is 0. The Morgan fingerprint density at radius 3 is 2.78 bits per heavy atom. The molecule has 1 aromatic carbocycles. The molecule has 96 valence electrons. The van der Waals surface area contributed by atoms with E-state index in [4.69, 9.17) is 20.8 Å². The van der Waals surface area contributed by atoms with Crippen molar-refractivity contribution in [1.82, 2.24) is 0 Å². The minimum atomic E-state index is 0.0893. The number of benzene rings is 1. The Kier molecular flexibility index (Phi) is 4.71. The lowest BCUT2D eigenvalue weighted by Crippen LogP contribution is -2.06. The van der Waals surface area contributed by atoms with Crippen LogP contribution in [0.15, 0.2) is 47.1 Å². The maximum Gasteiger partial charge on any atom is 0.122 e. The summed E-state index contributed by atoms with van der Waals surface area (Å²) < 4.78 is 10.6. The molecular formula is C15H17ClO2. The van der Waals surface area contributed by atoms with Crippen LogP contribution in [0.2, 0.25) is 0 Å². The quantitative estimate of drug-likeness (QED) is 0.734. The third-order valence-corrected chi connectivity index (χ3v) is 3.29. The molecule has 0 aliphatic rings. The van der Waals surface area contributed by atoms with Crippen molar-refractivity contribution < 1.29 is 9.15 Å². The molecule has 2 aromatic rings. The molecular weight excluding hydrogens is 248 g/mol. The van der Waals surface area contributed by atoms with Gasteiger partial charge in [-0.25, -0.2) is 0 Å². The molecule has 0 amide bonds. The molecule has 0 aliphatic heterocycles. The van der Waals surface area contributed by atoms with Gasteiger partial charge in [-0.2, -0.15) is 0 Å². The van der Waals surface area contributed by atoms with Crippen LogP contribution in [-0.4, -0.2) is 12.5 Å². The number of halogens is 1. The first kappa shape index (κ1) is 13.0. The van der Waals surface area contributed by atoms with Gasteiger partial charge in [-0.15, -0.1) is 11.6 Å². The van der Waals surface area contributed by atoms with Gasteiger partial charge in [-0.1, -0.05) is 18.2 Å². The first-order valence-electron chi connectivity index (χ1n) is 6.08. The lowest BCUT2D eigenvalue weighted by molar-refractivity contribution is 0.409. The lowest BCUT2D eigenvalue weighted by atomic mass is 10.0. The van der Waals surface area contributed by atoms with E-state index in [-0.39, 0.29) is 5.38 Å². The molecule has 0 bridgehead atoms. The van der Waals surface area contributed by atoms with Crippen molar-refractivity contribution in [3.8, 4) is 5.75 Å². The molecule has 1 unspecified atom stereocenters. The van der Waals surface area contributed by atoms with Crippen LogP contribution in [0.5, 0.6) is 5.75 Å². The van der Waals surface area contributed by atoms with Gasteiger partial charge in [0.25, 0.3) is 0 Å². The number of rotatable bonds is 6. The zero-order valence-corrected chi connectivity index (χ0v) is 11.2. The Hall–Kier alpha value is -1.41. The third-order valence-electron chi connectivity index (χ3n) is 2.92. The SMILES string of the molecule is COc1ccccc1CC(Cl)CCc1ccco1. The standard InChI is InChI=1S/C15H17ClO2/c1-17-15-7-3-2-5-12(15)11-13(16)8-9-14-6-4-10-18-14/h2-7,10,13H,8-9,11H2,1H3. The number of methoxy groups -OCH3 is 1. The van der Waals surface area contributed by atoms with Crippen LogP contribution in [0.1, 0.15) is 17.7 Å². The smallest absolute Gasteiger partial charge is 0.122 e. The lowest BCUT2D eigenvalue weighted by Gasteiger charge is -2.11. The van der Waals surface area contributed by atoms with Crippen LogP contribution in [0.3, 0.4) is 0 Å². The van der Waals surface area contributed by atoms with Crippen molar-refractivity contribution in [3.63, 3.8) is 0 Å². The predicted octanol–water partition coefficient (Wildman–Crippen LogP) is 4.07. The summed E-state index contributed by atoms with van der Waals surface area (Å²) in [5.41, 5.74) is 1.15. The Labute approximate surface area is 113 Å². The van der Waals surface area contributed by atoms with Gasteiger partial charge in [0, 0.05) is 11.8 Å². The molecule has 0 N–H and O–H groups in total. The van der Waals surface area contributed by atoms with E-state index < -0.39 is 0 Å². The number of aryl methyl sites for hydroxylation is 1. The van der Waals surface area contributed by atoms with Gasteiger partial charge in [0.05, 0.1) is 13.4 Å². The molecule has 0 aliphatic carbocycles. The first-order valence-corrected chi connectivity index (χ1v) is 6.51. The van der Waals surface area contributed by atoms with E-state index in [1.807, 2.05) is 30.3 Å². The van der Waals surface area contributed by atoms with Crippen LogP contribution in [0, 0.1) is 0 Å². The Morgan fingerprint density at radius 1 is 1.22 bits per heavy atom. The molecule has 0 saturated carbocycles. The Morgan fingerprint density at radius 2 is 2.06 bits per heavy atom. The van der Waals surface area contributed by atoms with E-state index in [0.29, 0.717) is 0 Å². The fraction of sp³-hybridized carbons (Fsp3) is 0.333. The number of para-hydroxylation sites is 1. The highest BCUT2D eigenvalue weighted by atomic mass is 35.5. The van der Waals surface area contributed by atoms with E-state index in [2.05, 4.69) is 6.07 Å². The molecule has 2 nitrogen and oxygen atoms in total. The normalized spacial score (nSPS) is 12.3. The van der Waals surface area contributed by atoms with Crippen molar-refractivity contribution in [1.29, 1.82) is 0 Å². The molecule has 0 radical (unpaired) electrons. The average molecular weight is 265 g/mol. The van der Waals surface area contributed by atoms with Gasteiger partial charge < -0.3 is 9.15 Å². The van der Waals surface area contributed by atoms with Crippen molar-refractivity contribution in [2.24, 2.45) is 0 Å². The maximum absolute atomic E-state index is 6.36. The number of hydrogen-bond donors (Lipinski definition) is 0. The monoisotopic (exact) mass is 264 g/mol. The topological polar surface area (TPSA) is 22.4 Å². The van der Waals surface area contributed by atoms with Crippen LogP contribution in [0.4, 0.5) is 0 Å². The van der Waals surface area contributed by atoms with Crippen LogP contribution >= 0.6 is 11.6 Å². The zero-order chi connectivity index (χ0) is 12.8.